The predicted molar refractivity (Wildman–Crippen MR) is 96.6 cm³/mol. The van der Waals surface area contributed by atoms with Gasteiger partial charge in [0.05, 0.1) is 11.6 Å². The Morgan fingerprint density at radius 1 is 1.31 bits per heavy atom. The van der Waals surface area contributed by atoms with E-state index in [0.717, 1.165) is 5.56 Å². The average molecular weight is 356 g/mol. The lowest BCUT2D eigenvalue weighted by Gasteiger charge is -2.37. The number of nitrogens with zero attached hydrogens (tertiary/aromatic N) is 2. The normalized spacial score (nSPS) is 20.2. The Bertz CT molecular complexity index is 796. The minimum Gasteiger partial charge on any atom is -0.481 e. The van der Waals surface area contributed by atoms with Crippen molar-refractivity contribution in [3.05, 3.63) is 41.9 Å². The van der Waals surface area contributed by atoms with E-state index in [1.54, 1.807) is 18.0 Å². The zero-order valence-electron chi connectivity index (χ0n) is 15.2. The van der Waals surface area contributed by atoms with E-state index < -0.39 is 11.4 Å². The molecule has 0 aliphatic carbocycles. The van der Waals surface area contributed by atoms with E-state index in [4.69, 9.17) is 4.42 Å². The summed E-state index contributed by atoms with van der Waals surface area (Å²) in [5.41, 5.74) is 1.28. The Kier molecular flexibility index (Phi) is 5.11. The maximum Gasteiger partial charge on any atom is 0.311 e. The molecule has 1 aliphatic heterocycles. The van der Waals surface area contributed by atoms with Crippen LogP contribution < -0.4 is 0 Å². The molecule has 1 amide bonds. The molecule has 2 heterocycles. The third-order valence-corrected chi connectivity index (χ3v) is 5.01. The van der Waals surface area contributed by atoms with E-state index in [-0.39, 0.29) is 18.9 Å². The molecule has 1 aromatic heterocycles. The average Bonchev–Trinajstić information content (AvgIpc) is 3.09. The molecule has 0 radical (unpaired) electrons. The van der Waals surface area contributed by atoms with Crippen LogP contribution in [0.3, 0.4) is 0 Å². The molecule has 1 saturated heterocycles. The number of likely N-dealkylation sites (tertiary alicyclic amines) is 1. The van der Waals surface area contributed by atoms with Crippen molar-refractivity contribution < 1.29 is 19.1 Å². The number of amides is 1. The Balaban J connectivity index is 1.58. The van der Waals surface area contributed by atoms with E-state index in [1.165, 1.54) is 5.56 Å². The highest BCUT2D eigenvalue weighted by Gasteiger charge is 2.39. The Labute approximate surface area is 152 Å². The molecular formula is C20H24N2O4. The van der Waals surface area contributed by atoms with Gasteiger partial charge in [-0.3, -0.25) is 9.59 Å². The SMILES string of the molecule is Cc1ccc(-c2cnc(CCC(=O)N3CCCC(C)(C(=O)O)C3)o2)cc1. The third-order valence-electron chi connectivity index (χ3n) is 5.01. The zero-order valence-corrected chi connectivity index (χ0v) is 15.2. The summed E-state index contributed by atoms with van der Waals surface area (Å²) in [6.07, 6.45) is 3.66. The highest BCUT2D eigenvalue weighted by atomic mass is 16.4. The summed E-state index contributed by atoms with van der Waals surface area (Å²) in [7, 11) is 0. The first-order chi connectivity index (χ1) is 12.4. The molecule has 1 aliphatic rings. The van der Waals surface area contributed by atoms with Crippen molar-refractivity contribution in [2.24, 2.45) is 5.41 Å². The van der Waals surface area contributed by atoms with Crippen LogP contribution in [-0.4, -0.2) is 40.0 Å². The summed E-state index contributed by atoms with van der Waals surface area (Å²) in [6.45, 7) is 4.61. The largest absolute Gasteiger partial charge is 0.481 e. The molecule has 26 heavy (non-hydrogen) atoms. The fourth-order valence-electron chi connectivity index (χ4n) is 3.28. The van der Waals surface area contributed by atoms with Crippen molar-refractivity contribution >= 4 is 11.9 Å². The number of carboxylic acid groups (broad SMARTS) is 1. The van der Waals surface area contributed by atoms with Gasteiger partial charge in [0.15, 0.2) is 11.7 Å². The fourth-order valence-corrected chi connectivity index (χ4v) is 3.28. The standard InChI is InChI=1S/C20H24N2O4/c1-14-4-6-15(7-5-14)16-12-21-17(26-16)8-9-18(23)22-11-3-10-20(2,13-22)19(24)25/h4-7,12H,3,8-11,13H2,1-2H3,(H,24,25). The zero-order chi connectivity index (χ0) is 18.7. The van der Waals surface area contributed by atoms with Crippen LogP contribution in [0.4, 0.5) is 0 Å². The van der Waals surface area contributed by atoms with Gasteiger partial charge in [-0.25, -0.2) is 4.98 Å². The van der Waals surface area contributed by atoms with Gasteiger partial charge >= 0.3 is 5.97 Å². The van der Waals surface area contributed by atoms with E-state index in [1.807, 2.05) is 31.2 Å². The summed E-state index contributed by atoms with van der Waals surface area (Å²) in [5.74, 6) is 0.313. The predicted octanol–water partition coefficient (Wildman–Crippen LogP) is 3.30. The van der Waals surface area contributed by atoms with E-state index >= 15 is 0 Å². The first kappa shape index (κ1) is 18.2. The second-order valence-electron chi connectivity index (χ2n) is 7.27. The molecule has 1 N–H and O–H groups in total. The van der Waals surface area contributed by atoms with Crippen molar-refractivity contribution in [1.29, 1.82) is 0 Å². The minimum atomic E-state index is -0.852. The van der Waals surface area contributed by atoms with Gasteiger partial charge < -0.3 is 14.4 Å². The number of hydrogen-bond donors (Lipinski definition) is 1. The summed E-state index contributed by atoms with van der Waals surface area (Å²) in [4.78, 5) is 29.8. The molecule has 0 saturated carbocycles. The van der Waals surface area contributed by atoms with Crippen LogP contribution in [-0.2, 0) is 16.0 Å². The van der Waals surface area contributed by atoms with Crippen LogP contribution >= 0.6 is 0 Å². The number of rotatable bonds is 5. The molecule has 3 rings (SSSR count). The Hall–Kier alpha value is -2.63. The fraction of sp³-hybridized carbons (Fsp3) is 0.450. The smallest absolute Gasteiger partial charge is 0.311 e. The first-order valence-corrected chi connectivity index (χ1v) is 8.90. The molecule has 6 heteroatoms. The highest BCUT2D eigenvalue weighted by molar-refractivity contribution is 5.79. The van der Waals surface area contributed by atoms with Crippen LogP contribution in [0.15, 0.2) is 34.9 Å². The van der Waals surface area contributed by atoms with Crippen molar-refractivity contribution in [1.82, 2.24) is 9.88 Å². The van der Waals surface area contributed by atoms with Crippen LogP contribution in [0.1, 0.15) is 37.6 Å². The number of aromatic nitrogens is 1. The Morgan fingerprint density at radius 2 is 2.04 bits per heavy atom. The van der Waals surface area contributed by atoms with Gasteiger partial charge in [0.1, 0.15) is 0 Å². The maximum absolute atomic E-state index is 12.5. The lowest BCUT2D eigenvalue weighted by Crippen LogP contribution is -2.48. The topological polar surface area (TPSA) is 83.6 Å². The third kappa shape index (κ3) is 3.95. The Morgan fingerprint density at radius 3 is 2.73 bits per heavy atom. The number of aryl methyl sites for hydroxylation is 2. The molecule has 1 aromatic carbocycles. The monoisotopic (exact) mass is 356 g/mol. The van der Waals surface area contributed by atoms with Crippen molar-refractivity contribution in [2.75, 3.05) is 13.1 Å². The molecule has 6 nitrogen and oxygen atoms in total. The summed E-state index contributed by atoms with van der Waals surface area (Å²) >= 11 is 0. The second-order valence-corrected chi connectivity index (χ2v) is 7.27. The van der Waals surface area contributed by atoms with Gasteiger partial charge in [0.2, 0.25) is 5.91 Å². The quantitative estimate of drug-likeness (QED) is 0.889. The number of carbonyl (C=O) groups is 2. The first-order valence-electron chi connectivity index (χ1n) is 8.90. The summed E-state index contributed by atoms with van der Waals surface area (Å²) < 4.78 is 5.75. The molecule has 138 valence electrons. The number of aliphatic carboxylic acids is 1. The molecule has 1 atom stereocenters. The maximum atomic E-state index is 12.5. The van der Waals surface area contributed by atoms with E-state index in [2.05, 4.69) is 4.98 Å². The number of carboxylic acids is 1. The number of hydrogen-bond acceptors (Lipinski definition) is 4. The lowest BCUT2D eigenvalue weighted by molar-refractivity contribution is -0.153. The number of benzene rings is 1. The molecule has 0 spiro atoms. The van der Waals surface area contributed by atoms with Gasteiger partial charge in [0.25, 0.3) is 0 Å². The molecule has 0 bridgehead atoms. The molecule has 1 unspecified atom stereocenters. The van der Waals surface area contributed by atoms with Crippen molar-refractivity contribution in [3.8, 4) is 11.3 Å². The van der Waals surface area contributed by atoms with Crippen LogP contribution in [0.25, 0.3) is 11.3 Å². The molecule has 2 aromatic rings. The van der Waals surface area contributed by atoms with Crippen LogP contribution in [0.2, 0.25) is 0 Å². The van der Waals surface area contributed by atoms with Gasteiger partial charge in [0, 0.05) is 31.5 Å². The minimum absolute atomic E-state index is 0.0488. The summed E-state index contributed by atoms with van der Waals surface area (Å²) in [6, 6.07) is 7.98. The number of carbonyl (C=O) groups excluding carboxylic acids is 1. The van der Waals surface area contributed by atoms with Gasteiger partial charge in [-0.2, -0.15) is 0 Å². The van der Waals surface area contributed by atoms with Gasteiger partial charge in [-0.1, -0.05) is 29.8 Å². The van der Waals surface area contributed by atoms with Crippen LogP contribution in [0.5, 0.6) is 0 Å². The summed E-state index contributed by atoms with van der Waals surface area (Å²) in [5, 5.41) is 9.37. The van der Waals surface area contributed by atoms with Gasteiger partial charge in [-0.15, -0.1) is 0 Å². The number of piperidine rings is 1. The highest BCUT2D eigenvalue weighted by Crippen LogP contribution is 2.30. The van der Waals surface area contributed by atoms with Crippen molar-refractivity contribution in [3.63, 3.8) is 0 Å². The lowest BCUT2D eigenvalue weighted by atomic mass is 9.82. The van der Waals surface area contributed by atoms with Gasteiger partial charge in [-0.05, 0) is 26.7 Å². The van der Waals surface area contributed by atoms with E-state index in [0.29, 0.717) is 37.5 Å². The molecular weight excluding hydrogens is 332 g/mol. The molecule has 1 fully saturated rings. The van der Waals surface area contributed by atoms with Crippen LogP contribution in [0, 0.1) is 12.3 Å². The van der Waals surface area contributed by atoms with E-state index in [9.17, 15) is 14.7 Å². The number of oxazole rings is 1. The second kappa shape index (κ2) is 7.32. The van der Waals surface area contributed by atoms with Crippen molar-refractivity contribution in [2.45, 2.75) is 39.5 Å².